The molecule has 1 saturated heterocycles. The molecule has 4 N–H and O–H groups in total. The van der Waals surface area contributed by atoms with Crippen molar-refractivity contribution in [1.82, 2.24) is 35.4 Å². The van der Waals surface area contributed by atoms with Crippen LogP contribution in [0.25, 0.3) is 11.0 Å². The van der Waals surface area contributed by atoms with Crippen molar-refractivity contribution in [3.8, 4) is 6.07 Å². The molecule has 15 heteroatoms. The minimum Gasteiger partial charge on any atom is -0.480 e. The molecule has 1 fully saturated rings. The number of unbranched alkanes of at least 4 members (excludes halogenated alkanes) is 1. The molecule has 0 radical (unpaired) electrons. The van der Waals surface area contributed by atoms with Gasteiger partial charge in [0.15, 0.2) is 5.65 Å². The van der Waals surface area contributed by atoms with Gasteiger partial charge in [-0.15, -0.1) is 12.4 Å². The largest absolute Gasteiger partial charge is 0.480 e. The zero-order chi connectivity index (χ0) is 30.6. The van der Waals surface area contributed by atoms with Crippen molar-refractivity contribution >= 4 is 53.1 Å². The molecule has 3 heterocycles. The van der Waals surface area contributed by atoms with E-state index in [0.717, 1.165) is 19.4 Å². The van der Waals surface area contributed by atoms with Gasteiger partial charge >= 0.3 is 12.0 Å². The zero-order valence-electron chi connectivity index (χ0n) is 24.9. The van der Waals surface area contributed by atoms with Crippen molar-refractivity contribution in [2.75, 3.05) is 45.2 Å². The van der Waals surface area contributed by atoms with Crippen molar-refractivity contribution in [1.29, 1.82) is 5.26 Å². The van der Waals surface area contributed by atoms with Crippen molar-refractivity contribution in [2.24, 2.45) is 5.92 Å². The van der Waals surface area contributed by atoms with E-state index in [1.807, 2.05) is 25.1 Å². The smallest absolute Gasteiger partial charge is 0.327 e. The number of nitriles is 1. The number of likely N-dealkylation sites (N-methyl/N-ethyl adjacent to an activating group) is 1. The van der Waals surface area contributed by atoms with E-state index in [4.69, 9.17) is 5.26 Å². The van der Waals surface area contributed by atoms with E-state index in [9.17, 15) is 24.3 Å². The SMILES string of the molecule is CNCCCC[C@H](NC(=O)CCCNC(=O)n1ccc2c(N(C)[C@H]3CN(C(=O)CC#N)CC[C@H]3C)ncnc21)C(=O)O.Cl. The van der Waals surface area contributed by atoms with Crippen LogP contribution in [0.4, 0.5) is 10.6 Å². The van der Waals surface area contributed by atoms with Gasteiger partial charge in [0, 0.05) is 39.3 Å². The van der Waals surface area contributed by atoms with Crippen LogP contribution in [0.3, 0.4) is 0 Å². The Bertz CT molecular complexity index is 1300. The van der Waals surface area contributed by atoms with Crippen molar-refractivity contribution in [2.45, 2.75) is 64.0 Å². The molecular weight excluding hydrogens is 578 g/mol. The van der Waals surface area contributed by atoms with E-state index in [2.05, 4.69) is 32.8 Å². The molecule has 43 heavy (non-hydrogen) atoms. The summed E-state index contributed by atoms with van der Waals surface area (Å²) in [6.45, 7) is 4.21. The molecule has 0 bridgehead atoms. The summed E-state index contributed by atoms with van der Waals surface area (Å²) in [6.07, 6.45) is 5.94. The maximum atomic E-state index is 12.9. The van der Waals surface area contributed by atoms with Gasteiger partial charge in [-0.2, -0.15) is 5.26 Å². The highest BCUT2D eigenvalue weighted by molar-refractivity contribution is 5.95. The van der Waals surface area contributed by atoms with Crippen LogP contribution in [0.5, 0.6) is 0 Å². The van der Waals surface area contributed by atoms with Crippen LogP contribution in [0.1, 0.15) is 51.9 Å². The van der Waals surface area contributed by atoms with Crippen LogP contribution in [0, 0.1) is 17.2 Å². The summed E-state index contributed by atoms with van der Waals surface area (Å²) < 4.78 is 1.38. The number of carbonyl (C=O) groups is 4. The normalized spacial score (nSPS) is 16.9. The monoisotopic (exact) mass is 619 g/mol. The lowest BCUT2D eigenvalue weighted by atomic mass is 9.92. The first-order valence-electron chi connectivity index (χ1n) is 14.3. The third kappa shape index (κ3) is 9.52. The number of hydrogen-bond donors (Lipinski definition) is 4. The fourth-order valence-corrected chi connectivity index (χ4v) is 5.20. The van der Waals surface area contributed by atoms with E-state index in [1.54, 1.807) is 17.2 Å². The van der Waals surface area contributed by atoms with Gasteiger partial charge in [-0.1, -0.05) is 6.92 Å². The first-order valence-corrected chi connectivity index (χ1v) is 14.3. The fourth-order valence-electron chi connectivity index (χ4n) is 5.20. The highest BCUT2D eigenvalue weighted by atomic mass is 35.5. The molecule has 0 aliphatic carbocycles. The van der Waals surface area contributed by atoms with Crippen LogP contribution in [-0.2, 0) is 14.4 Å². The lowest BCUT2D eigenvalue weighted by Gasteiger charge is -2.42. The van der Waals surface area contributed by atoms with Gasteiger partial charge in [0.05, 0.1) is 17.5 Å². The van der Waals surface area contributed by atoms with E-state index < -0.39 is 18.0 Å². The van der Waals surface area contributed by atoms with Crippen molar-refractivity contribution in [3.05, 3.63) is 18.6 Å². The summed E-state index contributed by atoms with van der Waals surface area (Å²) >= 11 is 0. The zero-order valence-corrected chi connectivity index (χ0v) is 25.7. The second kappa shape index (κ2) is 17.2. The topological polar surface area (TPSA) is 186 Å². The molecule has 14 nitrogen and oxygen atoms in total. The number of aromatic nitrogens is 3. The average Bonchev–Trinajstić information content (AvgIpc) is 3.41. The number of nitrogens with zero attached hydrogens (tertiary/aromatic N) is 6. The maximum absolute atomic E-state index is 12.9. The third-order valence-electron chi connectivity index (χ3n) is 7.67. The van der Waals surface area contributed by atoms with Crippen LogP contribution < -0.4 is 20.9 Å². The number of halogens is 1. The standard InChI is InChI=1S/C28H41N9O5.ClH/c1-19-10-15-36(24(39)9-12-29)17-22(19)35(3)25-20-11-16-37(26(20)33-18-32-25)28(42)31-14-6-8-23(38)34-21(27(40)41)7-4-5-13-30-2;/h11,16,18-19,21-22,30H,4-10,13-15,17H2,1-3H3,(H,31,42)(H,34,38)(H,40,41);1H/t19-,21+,22+;/m1./s1. The van der Waals surface area contributed by atoms with Crippen LogP contribution >= 0.6 is 12.4 Å². The van der Waals surface area contributed by atoms with E-state index in [1.165, 1.54) is 10.9 Å². The fraction of sp³-hybridized carbons (Fsp3) is 0.607. The molecule has 0 aromatic carbocycles. The Balaban J connectivity index is 0.00000645. The molecule has 0 unspecified atom stereocenters. The summed E-state index contributed by atoms with van der Waals surface area (Å²) in [6, 6.07) is 2.32. The Labute approximate surface area is 257 Å². The molecule has 3 amide bonds. The Hall–Kier alpha value is -3.96. The molecule has 3 atom stereocenters. The second-order valence-corrected chi connectivity index (χ2v) is 10.6. The maximum Gasteiger partial charge on any atom is 0.327 e. The Kier molecular flexibility index (Phi) is 14.1. The summed E-state index contributed by atoms with van der Waals surface area (Å²) in [5, 5.41) is 27.3. The number of likely N-dealkylation sites (tertiary alicyclic amines) is 1. The number of fused-ring (bicyclic) bond motifs is 1. The first kappa shape index (κ1) is 35.2. The quantitative estimate of drug-likeness (QED) is 0.227. The number of carbonyl (C=O) groups excluding carboxylic acids is 3. The first-order chi connectivity index (χ1) is 20.2. The summed E-state index contributed by atoms with van der Waals surface area (Å²) in [4.78, 5) is 61.5. The van der Waals surface area contributed by atoms with Crippen LogP contribution in [0.15, 0.2) is 18.6 Å². The summed E-state index contributed by atoms with van der Waals surface area (Å²) in [5.74, 6) is -0.707. The number of rotatable bonds is 14. The average molecular weight is 620 g/mol. The molecule has 2 aromatic heterocycles. The van der Waals surface area contributed by atoms with Gasteiger partial charge in [-0.25, -0.2) is 19.6 Å². The van der Waals surface area contributed by atoms with Gasteiger partial charge in [0.1, 0.15) is 24.6 Å². The number of carboxylic acid groups (broad SMARTS) is 1. The van der Waals surface area contributed by atoms with Crippen LogP contribution in [0.2, 0.25) is 0 Å². The number of carboxylic acids is 1. The molecule has 0 saturated carbocycles. The lowest BCUT2D eigenvalue weighted by Crippen LogP contribution is -2.52. The van der Waals surface area contributed by atoms with E-state index in [0.29, 0.717) is 49.2 Å². The number of nitrogens with one attached hydrogen (secondary N) is 3. The van der Waals surface area contributed by atoms with Gasteiger partial charge in [-0.05, 0) is 57.7 Å². The third-order valence-corrected chi connectivity index (χ3v) is 7.67. The molecule has 2 aromatic rings. The Morgan fingerprint density at radius 3 is 2.67 bits per heavy atom. The van der Waals surface area contributed by atoms with E-state index in [-0.39, 0.29) is 55.6 Å². The molecule has 1 aliphatic rings. The van der Waals surface area contributed by atoms with Crippen molar-refractivity contribution in [3.63, 3.8) is 0 Å². The van der Waals surface area contributed by atoms with Gasteiger partial charge in [0.25, 0.3) is 0 Å². The number of aliphatic carboxylic acids is 1. The number of anilines is 1. The minimum atomic E-state index is -1.06. The van der Waals surface area contributed by atoms with E-state index >= 15 is 0 Å². The predicted molar refractivity (Wildman–Crippen MR) is 163 cm³/mol. The molecule has 0 spiro atoms. The second-order valence-electron chi connectivity index (χ2n) is 10.6. The molecule has 1 aliphatic heterocycles. The van der Waals surface area contributed by atoms with Crippen LogP contribution in [-0.4, -0.2) is 101 Å². The van der Waals surface area contributed by atoms with Gasteiger partial charge < -0.3 is 30.9 Å². The Morgan fingerprint density at radius 2 is 1.98 bits per heavy atom. The van der Waals surface area contributed by atoms with Crippen molar-refractivity contribution < 1.29 is 24.3 Å². The van der Waals surface area contributed by atoms with Gasteiger partial charge in [-0.3, -0.25) is 14.2 Å². The predicted octanol–water partition coefficient (Wildman–Crippen LogP) is 1.74. The number of amides is 3. The highest BCUT2D eigenvalue weighted by Crippen LogP contribution is 2.29. The lowest BCUT2D eigenvalue weighted by molar-refractivity contribution is -0.142. The molecule has 236 valence electrons. The highest BCUT2D eigenvalue weighted by Gasteiger charge is 2.33. The molecule has 3 rings (SSSR count). The van der Waals surface area contributed by atoms with Gasteiger partial charge in [0.2, 0.25) is 11.8 Å². The summed E-state index contributed by atoms with van der Waals surface area (Å²) in [7, 11) is 3.73. The number of piperidine rings is 1. The number of hydrogen-bond acceptors (Lipinski definition) is 9. The summed E-state index contributed by atoms with van der Waals surface area (Å²) in [5.41, 5.74) is 0.422. The molecular formula is C28H42ClN9O5. The minimum absolute atomic E-state index is 0. The Morgan fingerprint density at radius 1 is 1.21 bits per heavy atom.